The number of nitriles is 1. The van der Waals surface area contributed by atoms with Gasteiger partial charge in [-0.25, -0.2) is 4.68 Å². The first-order valence-corrected chi connectivity index (χ1v) is 5.42. The fraction of sp³-hybridized carbons (Fsp3) is 0.167. The third-order valence-corrected chi connectivity index (χ3v) is 2.60. The van der Waals surface area contributed by atoms with E-state index in [4.69, 9.17) is 11.0 Å². The number of hydrogen-bond acceptors (Lipinski definition) is 4. The second-order valence-electron chi connectivity index (χ2n) is 3.67. The first-order chi connectivity index (χ1) is 8.67. The lowest BCUT2D eigenvalue weighted by molar-refractivity contribution is 0.100. The van der Waals surface area contributed by atoms with Crippen LogP contribution in [0.5, 0.6) is 0 Å². The van der Waals surface area contributed by atoms with Gasteiger partial charge < -0.3 is 5.73 Å². The van der Waals surface area contributed by atoms with E-state index in [0.717, 1.165) is 11.4 Å². The molecule has 1 amide bonds. The van der Waals surface area contributed by atoms with Crippen LogP contribution in [0.25, 0.3) is 5.69 Å². The van der Waals surface area contributed by atoms with E-state index in [1.165, 1.54) is 0 Å². The summed E-state index contributed by atoms with van der Waals surface area (Å²) in [5.41, 5.74) is 7.39. The molecule has 6 heteroatoms. The summed E-state index contributed by atoms with van der Waals surface area (Å²) in [4.78, 5) is 11.0. The zero-order valence-electron chi connectivity index (χ0n) is 9.79. The van der Waals surface area contributed by atoms with Crippen LogP contribution in [0, 0.1) is 11.3 Å². The Hall–Kier alpha value is -2.68. The highest BCUT2D eigenvalue weighted by Crippen LogP contribution is 2.14. The second kappa shape index (κ2) is 4.67. The normalized spacial score (nSPS) is 10.0. The van der Waals surface area contributed by atoms with Crippen molar-refractivity contribution in [3.8, 4) is 11.8 Å². The van der Waals surface area contributed by atoms with Crippen molar-refractivity contribution in [3.05, 3.63) is 41.2 Å². The summed E-state index contributed by atoms with van der Waals surface area (Å²) in [6.45, 7) is 1.92. The topological polar surface area (TPSA) is 97.6 Å². The van der Waals surface area contributed by atoms with E-state index >= 15 is 0 Å². The Morgan fingerprint density at radius 2 is 2.11 bits per heavy atom. The van der Waals surface area contributed by atoms with Crippen molar-refractivity contribution in [2.45, 2.75) is 13.3 Å². The minimum atomic E-state index is -0.478. The maximum Gasteiger partial charge on any atom is 0.248 e. The molecule has 0 saturated heterocycles. The molecule has 0 aliphatic carbocycles. The number of carbonyl (C=O) groups excluding carboxylic acids is 1. The van der Waals surface area contributed by atoms with Crippen LogP contribution >= 0.6 is 0 Å². The van der Waals surface area contributed by atoms with Crippen molar-refractivity contribution in [2.75, 3.05) is 0 Å². The molecule has 0 fully saturated rings. The van der Waals surface area contributed by atoms with E-state index in [1.54, 1.807) is 28.9 Å². The number of nitrogens with zero attached hydrogens (tertiary/aromatic N) is 4. The van der Waals surface area contributed by atoms with Crippen LogP contribution in [0.1, 0.15) is 28.7 Å². The molecule has 0 atom stereocenters. The highest BCUT2D eigenvalue weighted by atomic mass is 16.1. The van der Waals surface area contributed by atoms with Gasteiger partial charge in [0.1, 0.15) is 6.07 Å². The van der Waals surface area contributed by atoms with Crippen LogP contribution in [0.3, 0.4) is 0 Å². The first-order valence-electron chi connectivity index (χ1n) is 5.42. The quantitative estimate of drug-likeness (QED) is 0.859. The zero-order chi connectivity index (χ0) is 13.1. The molecule has 1 heterocycles. The smallest absolute Gasteiger partial charge is 0.248 e. The molecule has 0 saturated carbocycles. The van der Waals surface area contributed by atoms with Crippen molar-refractivity contribution < 1.29 is 4.79 Å². The Kier molecular flexibility index (Phi) is 3.06. The van der Waals surface area contributed by atoms with Crippen LogP contribution < -0.4 is 5.73 Å². The maximum absolute atomic E-state index is 11.0. The van der Waals surface area contributed by atoms with Crippen LogP contribution in [-0.2, 0) is 6.42 Å². The number of carbonyl (C=O) groups is 1. The van der Waals surface area contributed by atoms with Gasteiger partial charge >= 0.3 is 0 Å². The number of amides is 1. The summed E-state index contributed by atoms with van der Waals surface area (Å²) in [5, 5.41) is 16.6. The lowest BCUT2D eigenvalue weighted by Crippen LogP contribution is -2.11. The molecule has 1 aromatic carbocycles. The molecule has 0 aliphatic rings. The molecule has 2 rings (SSSR count). The highest BCUT2D eigenvalue weighted by molar-refractivity contribution is 5.92. The second-order valence-corrected chi connectivity index (χ2v) is 3.67. The van der Waals surface area contributed by atoms with Gasteiger partial charge in [-0.2, -0.15) is 5.26 Å². The molecule has 18 heavy (non-hydrogen) atoms. The molecule has 6 nitrogen and oxygen atoms in total. The van der Waals surface area contributed by atoms with Crippen molar-refractivity contribution in [1.82, 2.24) is 15.0 Å². The summed E-state index contributed by atoms with van der Waals surface area (Å²) in [5.74, 6) is -0.478. The number of rotatable bonds is 3. The lowest BCUT2D eigenvalue weighted by Gasteiger charge is -2.04. The van der Waals surface area contributed by atoms with Gasteiger partial charge in [-0.3, -0.25) is 4.79 Å². The summed E-state index contributed by atoms with van der Waals surface area (Å²) < 4.78 is 1.59. The number of nitrogens with two attached hydrogens (primary N) is 1. The predicted octanol–water partition coefficient (Wildman–Crippen LogP) is 0.800. The van der Waals surface area contributed by atoms with Crippen molar-refractivity contribution >= 4 is 5.91 Å². The summed E-state index contributed by atoms with van der Waals surface area (Å²) in [6.07, 6.45) is 0.646. The third-order valence-electron chi connectivity index (χ3n) is 2.60. The number of primary amides is 1. The summed E-state index contributed by atoms with van der Waals surface area (Å²) in [6, 6.07) is 8.66. The number of aromatic nitrogens is 3. The Balaban J connectivity index is 2.46. The molecule has 2 aromatic rings. The molecular formula is C12H11N5O. The van der Waals surface area contributed by atoms with Crippen LogP contribution in [0.2, 0.25) is 0 Å². The molecule has 2 N–H and O–H groups in total. The van der Waals surface area contributed by atoms with Gasteiger partial charge in [-0.05, 0) is 30.7 Å². The fourth-order valence-electron chi connectivity index (χ4n) is 1.68. The van der Waals surface area contributed by atoms with Crippen molar-refractivity contribution in [1.29, 1.82) is 5.26 Å². The Bertz CT molecular complexity index is 621. The van der Waals surface area contributed by atoms with Gasteiger partial charge in [0.05, 0.1) is 11.4 Å². The van der Waals surface area contributed by atoms with Gasteiger partial charge in [0, 0.05) is 5.56 Å². The average molecular weight is 241 g/mol. The van der Waals surface area contributed by atoms with E-state index in [0.29, 0.717) is 17.7 Å². The van der Waals surface area contributed by atoms with Crippen LogP contribution in [-0.4, -0.2) is 20.9 Å². The minimum Gasteiger partial charge on any atom is -0.366 e. The van der Waals surface area contributed by atoms with E-state index < -0.39 is 5.91 Å². The van der Waals surface area contributed by atoms with Gasteiger partial charge in [0.2, 0.25) is 5.91 Å². The van der Waals surface area contributed by atoms with Gasteiger partial charge in [-0.1, -0.05) is 12.1 Å². The van der Waals surface area contributed by atoms with E-state index in [-0.39, 0.29) is 0 Å². The molecule has 90 valence electrons. The standard InChI is InChI=1S/C12H11N5O/c1-2-11-10(7-13)15-16-17(11)9-5-3-8(4-6-9)12(14)18/h3-6H,2H2,1H3,(H2,14,18). The lowest BCUT2D eigenvalue weighted by atomic mass is 10.2. The van der Waals surface area contributed by atoms with E-state index in [2.05, 4.69) is 10.3 Å². The molecular weight excluding hydrogens is 230 g/mol. The van der Waals surface area contributed by atoms with Gasteiger partial charge in [0.25, 0.3) is 0 Å². The molecule has 0 radical (unpaired) electrons. The monoisotopic (exact) mass is 241 g/mol. The van der Waals surface area contributed by atoms with Gasteiger partial charge in [-0.15, -0.1) is 5.10 Å². The maximum atomic E-state index is 11.0. The zero-order valence-corrected chi connectivity index (χ0v) is 9.79. The Labute approximate surface area is 104 Å². The number of benzene rings is 1. The largest absolute Gasteiger partial charge is 0.366 e. The van der Waals surface area contributed by atoms with E-state index in [1.807, 2.05) is 13.0 Å². The van der Waals surface area contributed by atoms with E-state index in [9.17, 15) is 4.79 Å². The third kappa shape index (κ3) is 1.94. The average Bonchev–Trinajstić information content (AvgIpc) is 2.81. The van der Waals surface area contributed by atoms with Crippen LogP contribution in [0.15, 0.2) is 24.3 Å². The van der Waals surface area contributed by atoms with Gasteiger partial charge in [0.15, 0.2) is 5.69 Å². The molecule has 0 aliphatic heterocycles. The SMILES string of the molecule is CCc1c(C#N)nnn1-c1ccc(C(N)=O)cc1. The summed E-state index contributed by atoms with van der Waals surface area (Å²) in [7, 11) is 0. The molecule has 0 unspecified atom stereocenters. The summed E-state index contributed by atoms with van der Waals surface area (Å²) >= 11 is 0. The highest BCUT2D eigenvalue weighted by Gasteiger charge is 2.12. The Morgan fingerprint density at radius 3 is 2.61 bits per heavy atom. The molecule has 0 bridgehead atoms. The van der Waals surface area contributed by atoms with Crippen molar-refractivity contribution in [2.24, 2.45) is 5.73 Å². The fourth-order valence-corrected chi connectivity index (χ4v) is 1.68. The predicted molar refractivity (Wildman–Crippen MR) is 64.0 cm³/mol. The number of hydrogen-bond donors (Lipinski definition) is 1. The first kappa shape index (κ1) is 11.8. The van der Waals surface area contributed by atoms with Crippen LogP contribution in [0.4, 0.5) is 0 Å². The van der Waals surface area contributed by atoms with Crippen molar-refractivity contribution in [3.63, 3.8) is 0 Å². The molecule has 0 spiro atoms. The minimum absolute atomic E-state index is 0.316. The molecule has 1 aromatic heterocycles. The Morgan fingerprint density at radius 1 is 1.44 bits per heavy atom.